The lowest BCUT2D eigenvalue weighted by molar-refractivity contribution is 1.45. The fourth-order valence-electron chi connectivity index (χ4n) is 19.2. The Morgan fingerprint density at radius 1 is 0.158 bits per heavy atom. The Morgan fingerprint density at radius 3 is 0.633 bits per heavy atom. The largest absolute Gasteiger partial charge is 0.238 e. The van der Waals surface area contributed by atoms with Crippen molar-refractivity contribution in [2.45, 2.75) is 55.4 Å². The van der Waals surface area contributed by atoms with Crippen molar-refractivity contribution in [1.82, 2.24) is 0 Å². The van der Waals surface area contributed by atoms with E-state index in [2.05, 4.69) is 92.2 Å². The highest BCUT2D eigenvalue weighted by Crippen LogP contribution is 2.54. The SMILES string of the molecule is Cc1cc(C#N)c2c3c(C#N)cc(C#N)c4c(C)ccc(c5ccc(C#N)c1c52)c43.[C-]#[N+]c1cc(C)c2c(C#N)ccc3c4c(C#N)cc(C#N)c5c(C)ccc(c1c23)c54.[C-]#[N+]c1cc(C)c2c(C#N)ccc3c4c(C#N)cc(C#N)c5c(C)ccc(c1c23)c54.[C-]#[N+]c1cc(C)c2c(C#N)ccc3c4ccc(C)c5c(C#N)cc([N+]#[C-])c(c1c23)c54. The van der Waals surface area contributed by atoms with Crippen LogP contribution in [-0.4, -0.2) is 0 Å². The third-order valence-corrected chi connectivity index (χ3v) is 23.9. The highest BCUT2D eigenvalue weighted by atomic mass is 14.7. The predicted molar refractivity (Wildman–Crippen MR) is 470 cm³/mol. The molecule has 0 saturated heterocycles. The van der Waals surface area contributed by atoms with E-state index >= 15 is 0 Å². The highest BCUT2D eigenvalue weighted by molar-refractivity contribution is 6.42. The molecule has 0 aliphatic carbocycles. The van der Waals surface area contributed by atoms with Gasteiger partial charge < -0.3 is 0 Å². The van der Waals surface area contributed by atoms with E-state index in [0.717, 1.165) is 195 Å². The summed E-state index contributed by atoms with van der Waals surface area (Å²) in [4.78, 5) is 15.1. The molecule has 16 nitrogen and oxygen atoms in total. The molecule has 20 aromatic carbocycles. The van der Waals surface area contributed by atoms with Crippen LogP contribution in [0.5, 0.6) is 0 Å². The lowest BCUT2D eigenvalue weighted by Gasteiger charge is -2.20. The number of hydrogen-bond acceptors (Lipinski definition) is 12. The van der Waals surface area contributed by atoms with E-state index in [-0.39, 0.29) is 0 Å². The van der Waals surface area contributed by atoms with Crippen molar-refractivity contribution in [1.29, 1.82) is 63.1 Å². The monoisotopic (exact) mass is 1520 g/mol. The molecule has 0 aliphatic heterocycles. The van der Waals surface area contributed by atoms with Gasteiger partial charge in [-0.2, -0.15) is 63.1 Å². The van der Waals surface area contributed by atoms with Gasteiger partial charge in [0, 0.05) is 81.0 Å². The van der Waals surface area contributed by atoms with Crippen molar-refractivity contribution >= 4 is 195 Å². The first kappa shape index (κ1) is 74.2. The van der Waals surface area contributed by atoms with E-state index < -0.39 is 0 Å². The minimum atomic E-state index is 0.356. The molecule has 0 bridgehead atoms. The van der Waals surface area contributed by atoms with Crippen LogP contribution in [0.3, 0.4) is 0 Å². The molecule has 0 radical (unpaired) electrons. The molecule has 120 heavy (non-hydrogen) atoms. The normalized spacial score (nSPS) is 10.9. The molecule has 20 aromatic rings. The lowest BCUT2D eigenvalue weighted by atomic mass is 9.82. The lowest BCUT2D eigenvalue weighted by Crippen LogP contribution is -1.98. The van der Waals surface area contributed by atoms with Gasteiger partial charge in [0.15, 0.2) is 22.7 Å². The van der Waals surface area contributed by atoms with Crippen LogP contribution < -0.4 is 0 Å². The molecule has 0 unspecified atom stereocenters. The summed E-state index contributed by atoms with van der Waals surface area (Å²) in [6, 6.07) is 71.4. The Bertz CT molecular complexity index is 8330. The molecule has 544 valence electrons. The Morgan fingerprint density at radius 2 is 0.342 bits per heavy atom. The van der Waals surface area contributed by atoms with Gasteiger partial charge in [0.2, 0.25) is 0 Å². The molecule has 0 fully saturated rings. The van der Waals surface area contributed by atoms with E-state index in [9.17, 15) is 63.1 Å². The molecular weight excluding hydrogens is 1470 g/mol. The summed E-state index contributed by atoms with van der Waals surface area (Å²) in [7, 11) is 0. The summed E-state index contributed by atoms with van der Waals surface area (Å²) in [6.45, 7) is 46.6. The average Bonchev–Trinajstić information content (AvgIpc) is 0.713. The molecule has 0 heterocycles. The van der Waals surface area contributed by atoms with E-state index in [1.54, 1.807) is 54.6 Å². The molecule has 16 heteroatoms. The van der Waals surface area contributed by atoms with Crippen LogP contribution in [-0.2, 0) is 0 Å². The first-order valence-corrected chi connectivity index (χ1v) is 37.4. The van der Waals surface area contributed by atoms with E-state index in [4.69, 9.17) is 26.3 Å². The van der Waals surface area contributed by atoms with Crippen molar-refractivity contribution in [3.8, 4) is 72.8 Å². The van der Waals surface area contributed by atoms with Gasteiger partial charge in [-0.1, -0.05) is 108 Å². The third-order valence-electron chi connectivity index (χ3n) is 23.9. The zero-order chi connectivity index (χ0) is 84.6. The maximum atomic E-state index is 9.95. The summed E-state index contributed by atoms with van der Waals surface area (Å²) >= 11 is 0. The summed E-state index contributed by atoms with van der Waals surface area (Å²) < 4.78 is 0. The molecule has 0 N–H and O–H groups in total. The summed E-state index contributed by atoms with van der Waals surface area (Å²) in [6.07, 6.45) is 0. The van der Waals surface area contributed by atoms with E-state index in [1.807, 2.05) is 146 Å². The molecule has 0 saturated carbocycles. The minimum absolute atomic E-state index is 0.356. The molecule has 0 aliphatic rings. The molecule has 0 amide bonds. The Kier molecular flexibility index (Phi) is 17.1. The maximum Gasteiger partial charge on any atom is 0.195 e. The van der Waals surface area contributed by atoms with Crippen molar-refractivity contribution in [3.63, 3.8) is 0 Å². The number of benzene rings is 20. The van der Waals surface area contributed by atoms with E-state index in [1.165, 1.54) is 0 Å². The van der Waals surface area contributed by atoms with Gasteiger partial charge in [0.1, 0.15) is 0 Å². The van der Waals surface area contributed by atoms with Crippen LogP contribution in [0.15, 0.2) is 146 Å². The van der Waals surface area contributed by atoms with Crippen LogP contribution in [0.4, 0.5) is 22.7 Å². The number of nitriles is 12. The van der Waals surface area contributed by atoms with Crippen LogP contribution in [0.1, 0.15) is 111 Å². The second kappa shape index (κ2) is 27.7. The van der Waals surface area contributed by atoms with Gasteiger partial charge in [-0.05, 0) is 235 Å². The number of nitrogens with zero attached hydrogens (tertiary/aromatic N) is 16. The smallest absolute Gasteiger partial charge is 0.195 e. The molecule has 0 aromatic heterocycles. The van der Waals surface area contributed by atoms with Crippen LogP contribution >= 0.6 is 0 Å². The summed E-state index contributed by atoms with van der Waals surface area (Å²) in [5.41, 5.74) is 14.7. The quantitative estimate of drug-likeness (QED) is 0.0777. The summed E-state index contributed by atoms with van der Waals surface area (Å²) in [5, 5.41) is 144. The fraction of sp³-hybridized carbons (Fsp3) is 0.0769. The van der Waals surface area contributed by atoms with Gasteiger partial charge in [-0.25, -0.2) is 19.4 Å². The van der Waals surface area contributed by atoms with Gasteiger partial charge in [-0.3, -0.25) is 0 Å². The minimum Gasteiger partial charge on any atom is -0.238 e. The summed E-state index contributed by atoms with van der Waals surface area (Å²) in [5.74, 6) is 0. The number of fused-ring (bicyclic) bond motifs is 8. The average molecular weight is 1520 g/mol. The highest BCUT2D eigenvalue weighted by Gasteiger charge is 2.30. The second-order valence-corrected chi connectivity index (χ2v) is 29.9. The maximum absolute atomic E-state index is 9.95. The Hall–Kier alpha value is -18.6. The first-order valence-electron chi connectivity index (χ1n) is 37.4. The van der Waals surface area contributed by atoms with Gasteiger partial charge in [0.25, 0.3) is 0 Å². The predicted octanol–water partition coefficient (Wildman–Crippen LogP) is 26.1. The molecular formula is C104H48N16. The zero-order valence-electron chi connectivity index (χ0n) is 65.0. The number of rotatable bonds is 0. The van der Waals surface area contributed by atoms with Crippen molar-refractivity contribution < 1.29 is 0 Å². The Labute approximate surface area is 684 Å². The Balaban J connectivity index is 0.000000114. The van der Waals surface area contributed by atoms with Gasteiger partial charge in [-0.15, -0.1) is 0 Å². The zero-order valence-corrected chi connectivity index (χ0v) is 65.0. The van der Waals surface area contributed by atoms with Crippen LogP contribution in [0.25, 0.3) is 192 Å². The first-order chi connectivity index (χ1) is 58.2. The molecule has 0 spiro atoms. The van der Waals surface area contributed by atoms with Crippen LogP contribution in [0, 0.1) is 218 Å². The third kappa shape index (κ3) is 10.1. The van der Waals surface area contributed by atoms with Crippen molar-refractivity contribution in [3.05, 3.63) is 303 Å². The molecule has 0 atom stereocenters. The second-order valence-electron chi connectivity index (χ2n) is 29.9. The number of hydrogen-bond donors (Lipinski definition) is 0. The van der Waals surface area contributed by atoms with Gasteiger partial charge >= 0.3 is 0 Å². The van der Waals surface area contributed by atoms with Gasteiger partial charge in [0.05, 0.1) is 160 Å². The number of aryl methyl sites for hydroxylation is 8. The van der Waals surface area contributed by atoms with Crippen molar-refractivity contribution in [2.75, 3.05) is 0 Å². The van der Waals surface area contributed by atoms with E-state index in [0.29, 0.717) is 111 Å². The van der Waals surface area contributed by atoms with Crippen LogP contribution in [0.2, 0.25) is 0 Å². The molecule has 20 rings (SSSR count). The van der Waals surface area contributed by atoms with Crippen molar-refractivity contribution in [2.24, 2.45) is 0 Å². The standard InChI is InChI=1S/4C26H12N4/c1-13-5-7-17-18-8-6-15(11-27)22-14(2)9-19(29-3)25(24(18)22)26-20(30-4)10-16(12-28)21(13)23(17)26;2*1-13-4-6-19-24-20(30-3)8-14(2)22-15(10-27)5-7-18(26(22)24)23-17(12-29)9-16(11-28)21(13)25(19)23;1-13-3-5-19-20-6-4-15(9-27)22-14(2)7-16(10-28)23(26(20)22)24-18(12-30)8-17(11-29)21(13)25(19)24/h5-10H,1-2H3;2*4-9H,1-2H3;3-8H,1-2H3. The topological polar surface area (TPSA) is 303 Å². The fourth-order valence-corrected chi connectivity index (χ4v) is 19.2.